The minimum atomic E-state index is -0.453. The zero-order valence-corrected chi connectivity index (χ0v) is 9.05. The molecule has 1 saturated carbocycles. The van der Waals surface area contributed by atoms with Crippen LogP contribution in [0.2, 0.25) is 0 Å². The van der Waals surface area contributed by atoms with Crippen molar-refractivity contribution < 1.29 is 4.39 Å². The van der Waals surface area contributed by atoms with Gasteiger partial charge in [0.1, 0.15) is 5.82 Å². The van der Waals surface area contributed by atoms with Crippen molar-refractivity contribution in [1.29, 1.82) is 5.26 Å². The highest BCUT2D eigenvalue weighted by Gasteiger charge is 2.50. The van der Waals surface area contributed by atoms with Crippen LogP contribution in [0, 0.1) is 22.6 Å². The van der Waals surface area contributed by atoms with Gasteiger partial charge in [-0.1, -0.05) is 26.0 Å². The summed E-state index contributed by atoms with van der Waals surface area (Å²) in [4.78, 5) is 0. The minimum Gasteiger partial charge on any atom is -0.207 e. The summed E-state index contributed by atoms with van der Waals surface area (Å²) in [6.45, 7) is 4.28. The van der Waals surface area contributed by atoms with E-state index in [2.05, 4.69) is 19.9 Å². The summed E-state index contributed by atoms with van der Waals surface area (Å²) in [7, 11) is 0. The summed E-state index contributed by atoms with van der Waals surface area (Å²) in [6.07, 6.45) is 1.64. The van der Waals surface area contributed by atoms with Crippen LogP contribution in [-0.4, -0.2) is 0 Å². The lowest BCUT2D eigenvalue weighted by molar-refractivity contribution is 0.0997. The van der Waals surface area contributed by atoms with Gasteiger partial charge < -0.3 is 0 Å². The molecular weight excluding hydrogens is 189 g/mol. The Morgan fingerprint density at radius 3 is 2.47 bits per heavy atom. The lowest BCUT2D eigenvalue weighted by Crippen LogP contribution is -2.45. The van der Waals surface area contributed by atoms with Gasteiger partial charge in [-0.05, 0) is 36.0 Å². The van der Waals surface area contributed by atoms with Crippen LogP contribution in [0.5, 0.6) is 0 Å². The molecule has 0 heterocycles. The summed E-state index contributed by atoms with van der Waals surface area (Å²) in [6, 6.07) is 8.77. The number of benzene rings is 1. The van der Waals surface area contributed by atoms with Gasteiger partial charge in [-0.2, -0.15) is 5.26 Å². The van der Waals surface area contributed by atoms with Crippen LogP contribution in [-0.2, 0) is 5.41 Å². The summed E-state index contributed by atoms with van der Waals surface area (Å²) >= 11 is 0. The first-order valence-electron chi connectivity index (χ1n) is 5.15. The summed E-state index contributed by atoms with van der Waals surface area (Å²) in [5.41, 5.74) is 0.581. The molecule has 1 aromatic carbocycles. The van der Waals surface area contributed by atoms with E-state index in [0.717, 1.165) is 18.4 Å². The fourth-order valence-corrected chi connectivity index (χ4v) is 2.72. The second kappa shape index (κ2) is 3.06. The van der Waals surface area contributed by atoms with E-state index in [1.54, 1.807) is 6.07 Å². The predicted molar refractivity (Wildman–Crippen MR) is 56.7 cm³/mol. The van der Waals surface area contributed by atoms with Gasteiger partial charge in [-0.25, -0.2) is 4.39 Å². The second-order valence-electron chi connectivity index (χ2n) is 5.22. The molecule has 78 valence electrons. The van der Waals surface area contributed by atoms with E-state index in [4.69, 9.17) is 0 Å². The van der Waals surface area contributed by atoms with E-state index >= 15 is 0 Å². The lowest BCUT2D eigenvalue weighted by Gasteiger charge is -2.49. The highest BCUT2D eigenvalue weighted by Crippen LogP contribution is 2.54. The largest absolute Gasteiger partial charge is 0.207 e. The van der Waals surface area contributed by atoms with Crippen LogP contribution in [0.4, 0.5) is 4.39 Å². The van der Waals surface area contributed by atoms with E-state index in [1.807, 2.05) is 6.07 Å². The van der Waals surface area contributed by atoms with Crippen molar-refractivity contribution in [1.82, 2.24) is 0 Å². The molecule has 0 atom stereocenters. The lowest BCUT2D eigenvalue weighted by atomic mass is 9.52. The van der Waals surface area contributed by atoms with Crippen LogP contribution in [0.3, 0.4) is 0 Å². The fraction of sp³-hybridized carbons (Fsp3) is 0.462. The molecular formula is C13H14FN. The molecule has 2 heteroatoms. The molecule has 1 aliphatic carbocycles. The average molecular weight is 203 g/mol. The van der Waals surface area contributed by atoms with Gasteiger partial charge in [0, 0.05) is 0 Å². The molecule has 0 aromatic heterocycles. The third kappa shape index (κ3) is 1.63. The number of rotatable bonds is 1. The van der Waals surface area contributed by atoms with Gasteiger partial charge >= 0.3 is 0 Å². The highest BCUT2D eigenvalue weighted by molar-refractivity contribution is 5.37. The van der Waals surface area contributed by atoms with E-state index in [0.29, 0.717) is 0 Å². The number of nitriles is 1. The van der Waals surface area contributed by atoms with Crippen molar-refractivity contribution in [2.45, 2.75) is 32.1 Å². The molecule has 0 aliphatic heterocycles. The summed E-state index contributed by atoms with van der Waals surface area (Å²) in [5, 5.41) is 9.24. The molecule has 1 nitrogen and oxygen atoms in total. The van der Waals surface area contributed by atoms with Crippen LogP contribution >= 0.6 is 0 Å². The molecule has 0 amide bonds. The third-order valence-corrected chi connectivity index (χ3v) is 3.15. The fourth-order valence-electron chi connectivity index (χ4n) is 2.72. The van der Waals surface area contributed by atoms with E-state index in [9.17, 15) is 9.65 Å². The minimum absolute atomic E-state index is 0.210. The number of hydrogen-bond acceptors (Lipinski definition) is 1. The van der Waals surface area contributed by atoms with Crippen LogP contribution in [0.15, 0.2) is 24.3 Å². The van der Waals surface area contributed by atoms with Gasteiger partial charge in [0.2, 0.25) is 0 Å². The van der Waals surface area contributed by atoms with Gasteiger partial charge in [-0.3, -0.25) is 0 Å². The normalized spacial score (nSPS) is 21.5. The molecule has 0 unspecified atom stereocenters. The first kappa shape index (κ1) is 10.2. The zero-order chi connectivity index (χ0) is 11.1. The Morgan fingerprint density at radius 1 is 1.33 bits per heavy atom. The molecule has 1 aromatic rings. The number of halogens is 1. The first-order chi connectivity index (χ1) is 6.97. The van der Waals surface area contributed by atoms with Crippen molar-refractivity contribution in [2.75, 3.05) is 0 Å². The Morgan fingerprint density at radius 2 is 2.00 bits per heavy atom. The van der Waals surface area contributed by atoms with E-state index in [-0.39, 0.29) is 11.2 Å². The van der Waals surface area contributed by atoms with Crippen molar-refractivity contribution in [3.63, 3.8) is 0 Å². The molecule has 0 bridgehead atoms. The molecule has 2 rings (SSSR count). The van der Waals surface area contributed by atoms with E-state index in [1.165, 1.54) is 12.1 Å². The summed E-state index contributed by atoms with van der Waals surface area (Å²) in [5.74, 6) is -0.258. The molecule has 0 saturated heterocycles. The topological polar surface area (TPSA) is 23.8 Å². The van der Waals surface area contributed by atoms with E-state index < -0.39 is 5.41 Å². The number of nitrogens with zero attached hydrogens (tertiary/aromatic N) is 1. The average Bonchev–Trinajstić information content (AvgIpc) is 2.13. The Balaban J connectivity index is 2.35. The van der Waals surface area contributed by atoms with Gasteiger partial charge in [0.05, 0.1) is 11.5 Å². The highest BCUT2D eigenvalue weighted by atomic mass is 19.1. The molecule has 1 fully saturated rings. The van der Waals surface area contributed by atoms with Crippen LogP contribution < -0.4 is 0 Å². The van der Waals surface area contributed by atoms with Crippen LogP contribution in [0.25, 0.3) is 0 Å². The third-order valence-electron chi connectivity index (χ3n) is 3.15. The summed E-state index contributed by atoms with van der Waals surface area (Å²) < 4.78 is 13.1. The number of hydrogen-bond donors (Lipinski definition) is 0. The molecule has 1 aliphatic rings. The van der Waals surface area contributed by atoms with Crippen molar-refractivity contribution in [2.24, 2.45) is 5.41 Å². The molecule has 0 N–H and O–H groups in total. The standard InChI is InChI=1S/C13H14FN/c1-12(2)7-13(8-12,9-15)10-4-3-5-11(14)6-10/h3-6H,7-8H2,1-2H3. The Hall–Kier alpha value is -1.36. The smallest absolute Gasteiger partial charge is 0.123 e. The molecule has 0 spiro atoms. The van der Waals surface area contributed by atoms with Gasteiger partial charge in [0.25, 0.3) is 0 Å². The van der Waals surface area contributed by atoms with Crippen molar-refractivity contribution in [3.8, 4) is 6.07 Å². The quantitative estimate of drug-likeness (QED) is 0.686. The molecule has 15 heavy (non-hydrogen) atoms. The predicted octanol–water partition coefficient (Wildman–Crippen LogP) is 3.41. The van der Waals surface area contributed by atoms with Crippen molar-refractivity contribution in [3.05, 3.63) is 35.6 Å². The Bertz CT molecular complexity index is 420. The zero-order valence-electron chi connectivity index (χ0n) is 9.05. The van der Waals surface area contributed by atoms with Gasteiger partial charge in [0.15, 0.2) is 0 Å². The maximum absolute atomic E-state index is 13.1. The monoisotopic (exact) mass is 203 g/mol. The first-order valence-corrected chi connectivity index (χ1v) is 5.15. The maximum atomic E-state index is 13.1. The SMILES string of the molecule is CC1(C)CC(C#N)(c2cccc(F)c2)C1. The van der Waals surface area contributed by atoms with Gasteiger partial charge in [-0.15, -0.1) is 0 Å². The van der Waals surface area contributed by atoms with Crippen LogP contribution in [0.1, 0.15) is 32.3 Å². The second-order valence-corrected chi connectivity index (χ2v) is 5.22. The Kier molecular flexibility index (Phi) is 2.08. The maximum Gasteiger partial charge on any atom is 0.123 e. The molecule has 0 radical (unpaired) electrons. The van der Waals surface area contributed by atoms with Crippen molar-refractivity contribution >= 4 is 0 Å². The Labute approximate surface area is 89.5 Å².